The minimum atomic E-state index is -0.386. The smallest absolute Gasteiger partial charge is 0.255 e. The van der Waals surface area contributed by atoms with Crippen LogP contribution >= 0.6 is 0 Å². The van der Waals surface area contributed by atoms with E-state index in [0.717, 1.165) is 5.56 Å². The topological polar surface area (TPSA) is 106 Å². The van der Waals surface area contributed by atoms with Gasteiger partial charge in [-0.1, -0.05) is 24.3 Å². The summed E-state index contributed by atoms with van der Waals surface area (Å²) < 4.78 is 33.5. The van der Waals surface area contributed by atoms with Crippen LogP contribution in [0.25, 0.3) is 5.69 Å². The van der Waals surface area contributed by atoms with Crippen molar-refractivity contribution in [2.45, 2.75) is 19.4 Å². The SMILES string of the molecule is N#Cc1c(CCCNC(=O)c2ccccc2OCc2ccc(F)cc2)nn(-c2ccc(F)cc2)c1N. The third-order valence-corrected chi connectivity index (χ3v) is 5.49. The fraction of sp³-hybridized carbons (Fsp3) is 0.148. The summed E-state index contributed by atoms with van der Waals surface area (Å²) in [6.45, 7) is 0.527. The number of halogens is 2. The van der Waals surface area contributed by atoms with Gasteiger partial charge in [-0.15, -0.1) is 0 Å². The van der Waals surface area contributed by atoms with Crippen molar-refractivity contribution in [3.05, 3.63) is 107 Å². The van der Waals surface area contributed by atoms with Crippen molar-refractivity contribution in [2.24, 2.45) is 0 Å². The van der Waals surface area contributed by atoms with Crippen LogP contribution in [0.5, 0.6) is 5.75 Å². The summed E-state index contributed by atoms with van der Waals surface area (Å²) in [7, 11) is 0. The normalized spacial score (nSPS) is 10.6. The summed E-state index contributed by atoms with van der Waals surface area (Å²) in [6, 6.07) is 20.5. The van der Waals surface area contributed by atoms with E-state index in [1.165, 1.54) is 41.1 Å². The fourth-order valence-electron chi connectivity index (χ4n) is 3.63. The number of rotatable bonds is 9. The maximum atomic E-state index is 13.2. The van der Waals surface area contributed by atoms with Gasteiger partial charge in [0.05, 0.1) is 16.9 Å². The van der Waals surface area contributed by atoms with E-state index in [4.69, 9.17) is 10.5 Å². The van der Waals surface area contributed by atoms with E-state index in [1.807, 2.05) is 0 Å². The molecule has 3 aromatic carbocycles. The Balaban J connectivity index is 1.35. The molecule has 3 N–H and O–H groups in total. The van der Waals surface area contributed by atoms with Crippen molar-refractivity contribution < 1.29 is 18.3 Å². The van der Waals surface area contributed by atoms with Gasteiger partial charge >= 0.3 is 0 Å². The summed E-state index contributed by atoms with van der Waals surface area (Å²) in [5.74, 6) is -0.428. The molecule has 1 aromatic heterocycles. The van der Waals surface area contributed by atoms with Gasteiger partial charge in [0, 0.05) is 6.54 Å². The number of amides is 1. The van der Waals surface area contributed by atoms with Crippen LogP contribution < -0.4 is 15.8 Å². The number of para-hydroxylation sites is 1. The number of aryl methyl sites for hydroxylation is 1. The van der Waals surface area contributed by atoms with Gasteiger partial charge in [0.2, 0.25) is 0 Å². The Hall–Kier alpha value is -4.71. The number of aromatic nitrogens is 2. The van der Waals surface area contributed by atoms with E-state index in [1.54, 1.807) is 36.4 Å². The molecule has 0 radical (unpaired) electrons. The third-order valence-electron chi connectivity index (χ3n) is 5.49. The zero-order valence-corrected chi connectivity index (χ0v) is 19.2. The summed E-state index contributed by atoms with van der Waals surface area (Å²) >= 11 is 0. The number of nitrogens with two attached hydrogens (primary N) is 1. The Kier molecular flexibility index (Phi) is 7.56. The molecular formula is C27H23F2N5O2. The predicted octanol–water partition coefficient (Wildman–Crippen LogP) is 4.55. The standard InChI is InChI=1S/C27H23F2N5O2/c28-19-9-7-18(8-10-19)17-36-25-6-2-1-4-22(25)27(35)32-15-3-5-24-23(16-30)26(31)34(33-24)21-13-11-20(29)12-14-21/h1-2,4,6-14H,3,5,15,17,31H2,(H,32,35). The molecule has 4 aromatic rings. The van der Waals surface area contributed by atoms with E-state index in [9.17, 15) is 18.8 Å². The van der Waals surface area contributed by atoms with Gasteiger partial charge in [0.25, 0.3) is 5.91 Å². The first-order valence-corrected chi connectivity index (χ1v) is 11.2. The van der Waals surface area contributed by atoms with Crippen LogP contribution in [0, 0.1) is 23.0 Å². The maximum absolute atomic E-state index is 13.2. The average Bonchev–Trinajstić information content (AvgIpc) is 3.21. The van der Waals surface area contributed by atoms with Gasteiger partial charge in [-0.3, -0.25) is 4.79 Å². The van der Waals surface area contributed by atoms with Crippen molar-refractivity contribution in [3.8, 4) is 17.5 Å². The van der Waals surface area contributed by atoms with Gasteiger partial charge in [-0.05, 0) is 66.9 Å². The van der Waals surface area contributed by atoms with Crippen LogP contribution in [0.1, 0.15) is 33.6 Å². The number of benzene rings is 3. The van der Waals surface area contributed by atoms with Gasteiger partial charge < -0.3 is 15.8 Å². The summed E-state index contributed by atoms with van der Waals surface area (Å²) in [5, 5.41) is 16.8. The Morgan fingerprint density at radius 3 is 2.39 bits per heavy atom. The quantitative estimate of drug-likeness (QED) is 0.337. The molecule has 0 saturated carbocycles. The Morgan fingerprint density at radius 1 is 1.03 bits per heavy atom. The van der Waals surface area contributed by atoms with Crippen molar-refractivity contribution in [2.75, 3.05) is 12.3 Å². The molecule has 9 heteroatoms. The van der Waals surface area contributed by atoms with Gasteiger partial charge in [0.1, 0.15) is 41.4 Å². The third kappa shape index (κ3) is 5.67. The molecule has 0 atom stereocenters. The average molecular weight is 488 g/mol. The van der Waals surface area contributed by atoms with Crippen molar-refractivity contribution in [3.63, 3.8) is 0 Å². The molecule has 0 bridgehead atoms. The van der Waals surface area contributed by atoms with Crippen molar-refractivity contribution >= 4 is 11.7 Å². The molecule has 0 aliphatic rings. The molecule has 36 heavy (non-hydrogen) atoms. The zero-order valence-electron chi connectivity index (χ0n) is 19.2. The zero-order chi connectivity index (χ0) is 25.5. The first-order chi connectivity index (χ1) is 17.5. The number of nitriles is 1. The monoisotopic (exact) mass is 487 g/mol. The van der Waals surface area contributed by atoms with Crippen LogP contribution in [0.15, 0.2) is 72.8 Å². The van der Waals surface area contributed by atoms with Crippen molar-refractivity contribution in [1.82, 2.24) is 15.1 Å². The Bertz CT molecular complexity index is 1390. The Morgan fingerprint density at radius 2 is 1.69 bits per heavy atom. The van der Waals surface area contributed by atoms with E-state index in [0.29, 0.717) is 42.1 Å². The molecule has 0 unspecified atom stereocenters. The van der Waals surface area contributed by atoms with Gasteiger partial charge in [-0.2, -0.15) is 10.4 Å². The molecular weight excluding hydrogens is 464 g/mol. The van der Waals surface area contributed by atoms with Gasteiger partial charge in [-0.25, -0.2) is 13.5 Å². The largest absolute Gasteiger partial charge is 0.488 e. The molecule has 0 fully saturated rings. The predicted molar refractivity (Wildman–Crippen MR) is 130 cm³/mol. The van der Waals surface area contributed by atoms with Crippen LogP contribution in [0.4, 0.5) is 14.6 Å². The number of ether oxygens (including phenoxy) is 1. The number of hydrogen-bond donors (Lipinski definition) is 2. The second kappa shape index (κ2) is 11.1. The van der Waals surface area contributed by atoms with E-state index >= 15 is 0 Å². The number of nitrogen functional groups attached to an aromatic ring is 1. The molecule has 4 rings (SSSR count). The Labute approximate surface area is 206 Å². The highest BCUT2D eigenvalue weighted by molar-refractivity contribution is 5.96. The lowest BCUT2D eigenvalue weighted by molar-refractivity contribution is 0.0948. The second-order valence-electron chi connectivity index (χ2n) is 7.98. The highest BCUT2D eigenvalue weighted by atomic mass is 19.1. The number of carbonyl (C=O) groups excluding carboxylic acids is 1. The minimum Gasteiger partial charge on any atom is -0.488 e. The highest BCUT2D eigenvalue weighted by Gasteiger charge is 2.17. The van der Waals surface area contributed by atoms with E-state index in [2.05, 4.69) is 16.5 Å². The van der Waals surface area contributed by atoms with Gasteiger partial charge in [0.15, 0.2) is 0 Å². The lowest BCUT2D eigenvalue weighted by Gasteiger charge is -2.12. The van der Waals surface area contributed by atoms with Crippen LogP contribution in [-0.4, -0.2) is 22.2 Å². The molecule has 0 spiro atoms. The highest BCUT2D eigenvalue weighted by Crippen LogP contribution is 2.22. The number of carbonyl (C=O) groups is 1. The summed E-state index contributed by atoms with van der Waals surface area (Å²) in [4.78, 5) is 12.8. The van der Waals surface area contributed by atoms with E-state index < -0.39 is 0 Å². The first kappa shape index (κ1) is 24.4. The first-order valence-electron chi connectivity index (χ1n) is 11.2. The molecule has 182 valence electrons. The van der Waals surface area contributed by atoms with Crippen LogP contribution in [-0.2, 0) is 13.0 Å². The number of hydrogen-bond acceptors (Lipinski definition) is 5. The fourth-order valence-corrected chi connectivity index (χ4v) is 3.63. The van der Waals surface area contributed by atoms with E-state index in [-0.39, 0.29) is 35.5 Å². The lowest BCUT2D eigenvalue weighted by Crippen LogP contribution is -2.25. The maximum Gasteiger partial charge on any atom is 0.255 e. The molecule has 0 aliphatic heterocycles. The van der Waals surface area contributed by atoms with Crippen LogP contribution in [0.2, 0.25) is 0 Å². The number of nitrogens with one attached hydrogen (secondary N) is 1. The van der Waals surface area contributed by atoms with Crippen molar-refractivity contribution in [1.29, 1.82) is 5.26 Å². The number of anilines is 1. The summed E-state index contributed by atoms with van der Waals surface area (Å²) in [5.41, 5.74) is 8.54. The second-order valence-corrected chi connectivity index (χ2v) is 7.98. The lowest BCUT2D eigenvalue weighted by atomic mass is 10.1. The molecule has 7 nitrogen and oxygen atoms in total. The molecule has 1 amide bonds. The molecule has 0 saturated heterocycles. The molecule has 1 heterocycles. The minimum absolute atomic E-state index is 0.176. The number of nitrogens with zero attached hydrogens (tertiary/aromatic N) is 3. The van der Waals surface area contributed by atoms with Crippen LogP contribution in [0.3, 0.4) is 0 Å². The summed E-state index contributed by atoms with van der Waals surface area (Å²) in [6.07, 6.45) is 0.920. The molecule has 0 aliphatic carbocycles.